The molecule has 1 aromatic carbocycles. The van der Waals surface area contributed by atoms with E-state index in [1.165, 1.54) is 12.1 Å². The van der Waals surface area contributed by atoms with Crippen LogP contribution in [0.5, 0.6) is 0 Å². The molecule has 1 saturated carbocycles. The van der Waals surface area contributed by atoms with Gasteiger partial charge in [-0.05, 0) is 43.6 Å². The van der Waals surface area contributed by atoms with E-state index in [9.17, 15) is 13.2 Å². The molecule has 18 heavy (non-hydrogen) atoms. The summed E-state index contributed by atoms with van der Waals surface area (Å²) in [6, 6.07) is 6.49. The summed E-state index contributed by atoms with van der Waals surface area (Å²) in [5.41, 5.74) is 0.208. The molecular formula is C14H16F3N. The highest BCUT2D eigenvalue weighted by Gasteiger charge is 2.70. The standard InChI is InChI=1S/C14H16F3N/c15-12-3-1-2-11(8-12)9-18-6-4-13(5-7-18)10-14(13,16)17/h1-3,8H,4-7,9-10H2. The summed E-state index contributed by atoms with van der Waals surface area (Å²) in [5, 5.41) is 0. The minimum absolute atomic E-state index is 0.0633. The van der Waals surface area contributed by atoms with Crippen molar-refractivity contribution in [2.45, 2.75) is 31.7 Å². The first kappa shape index (κ1) is 12.0. The third-order valence-corrected chi connectivity index (χ3v) is 4.32. The molecule has 2 fully saturated rings. The van der Waals surface area contributed by atoms with Crippen molar-refractivity contribution in [3.63, 3.8) is 0 Å². The molecule has 98 valence electrons. The van der Waals surface area contributed by atoms with Crippen molar-refractivity contribution in [2.75, 3.05) is 13.1 Å². The van der Waals surface area contributed by atoms with E-state index < -0.39 is 11.3 Å². The quantitative estimate of drug-likeness (QED) is 0.782. The molecule has 1 spiro atoms. The predicted molar refractivity (Wildman–Crippen MR) is 62.9 cm³/mol. The van der Waals surface area contributed by atoms with Crippen molar-refractivity contribution in [1.29, 1.82) is 0 Å². The Balaban J connectivity index is 1.58. The maximum Gasteiger partial charge on any atom is 0.254 e. The van der Waals surface area contributed by atoms with Gasteiger partial charge in [0.1, 0.15) is 5.82 Å². The number of hydrogen-bond donors (Lipinski definition) is 0. The minimum Gasteiger partial charge on any atom is -0.299 e. The van der Waals surface area contributed by atoms with E-state index in [0.717, 1.165) is 5.56 Å². The summed E-state index contributed by atoms with van der Waals surface area (Å²) in [7, 11) is 0. The number of alkyl halides is 2. The van der Waals surface area contributed by atoms with Crippen LogP contribution in [0, 0.1) is 11.2 Å². The van der Waals surface area contributed by atoms with E-state index in [1.807, 2.05) is 6.07 Å². The summed E-state index contributed by atoms with van der Waals surface area (Å²) in [6.07, 6.45) is 1.19. The highest BCUT2D eigenvalue weighted by molar-refractivity contribution is 5.17. The van der Waals surface area contributed by atoms with Crippen molar-refractivity contribution in [1.82, 2.24) is 4.90 Å². The number of benzene rings is 1. The molecule has 1 aliphatic heterocycles. The van der Waals surface area contributed by atoms with Crippen LogP contribution >= 0.6 is 0 Å². The SMILES string of the molecule is Fc1cccc(CN2CCC3(CC2)CC3(F)F)c1. The van der Waals surface area contributed by atoms with Crippen LogP contribution in [-0.4, -0.2) is 23.9 Å². The van der Waals surface area contributed by atoms with Crippen molar-refractivity contribution < 1.29 is 13.2 Å². The van der Waals surface area contributed by atoms with Crippen molar-refractivity contribution in [3.05, 3.63) is 35.6 Å². The third-order valence-electron chi connectivity index (χ3n) is 4.32. The summed E-state index contributed by atoms with van der Waals surface area (Å²) >= 11 is 0. The smallest absolute Gasteiger partial charge is 0.254 e. The van der Waals surface area contributed by atoms with Gasteiger partial charge in [0.2, 0.25) is 0 Å². The van der Waals surface area contributed by atoms with E-state index in [-0.39, 0.29) is 12.2 Å². The van der Waals surface area contributed by atoms with Gasteiger partial charge in [0.05, 0.1) is 0 Å². The second kappa shape index (κ2) is 3.98. The fourth-order valence-corrected chi connectivity index (χ4v) is 2.96. The summed E-state index contributed by atoms with van der Waals surface area (Å²) < 4.78 is 39.5. The zero-order valence-electron chi connectivity index (χ0n) is 10.1. The number of piperidine rings is 1. The first-order valence-corrected chi connectivity index (χ1v) is 6.35. The van der Waals surface area contributed by atoms with Gasteiger partial charge in [-0.15, -0.1) is 0 Å². The Morgan fingerprint density at radius 1 is 1.17 bits per heavy atom. The van der Waals surface area contributed by atoms with Crippen LogP contribution in [0.25, 0.3) is 0 Å². The normalized spacial score (nSPS) is 25.3. The van der Waals surface area contributed by atoms with Gasteiger partial charge in [-0.1, -0.05) is 12.1 Å². The maximum absolute atomic E-state index is 13.2. The van der Waals surface area contributed by atoms with Gasteiger partial charge in [0, 0.05) is 18.4 Å². The lowest BCUT2D eigenvalue weighted by molar-refractivity contribution is 0.0300. The van der Waals surface area contributed by atoms with E-state index in [2.05, 4.69) is 4.90 Å². The van der Waals surface area contributed by atoms with E-state index >= 15 is 0 Å². The van der Waals surface area contributed by atoms with Crippen LogP contribution in [0.3, 0.4) is 0 Å². The molecule has 1 aliphatic carbocycles. The summed E-state index contributed by atoms with van der Waals surface area (Å²) in [4.78, 5) is 2.13. The fraction of sp³-hybridized carbons (Fsp3) is 0.571. The number of halogens is 3. The first-order chi connectivity index (χ1) is 8.51. The summed E-state index contributed by atoms with van der Waals surface area (Å²) in [6.45, 7) is 2.03. The Bertz CT molecular complexity index is 450. The molecule has 1 nitrogen and oxygen atoms in total. The molecule has 1 aromatic rings. The molecule has 0 amide bonds. The van der Waals surface area contributed by atoms with Gasteiger partial charge in [0.25, 0.3) is 5.92 Å². The minimum atomic E-state index is -2.43. The summed E-state index contributed by atoms with van der Waals surface area (Å²) in [5.74, 6) is -2.67. The van der Waals surface area contributed by atoms with Crippen LogP contribution in [0.1, 0.15) is 24.8 Å². The topological polar surface area (TPSA) is 3.24 Å². The van der Waals surface area contributed by atoms with Gasteiger partial charge in [-0.3, -0.25) is 4.90 Å². The molecule has 3 rings (SSSR count). The van der Waals surface area contributed by atoms with Crippen molar-refractivity contribution >= 4 is 0 Å². The lowest BCUT2D eigenvalue weighted by Crippen LogP contribution is -2.36. The van der Waals surface area contributed by atoms with Crippen molar-refractivity contribution in [2.24, 2.45) is 5.41 Å². The molecule has 1 heterocycles. The zero-order valence-corrected chi connectivity index (χ0v) is 10.1. The molecule has 0 unspecified atom stereocenters. The predicted octanol–water partition coefficient (Wildman–Crippen LogP) is 3.45. The van der Waals surface area contributed by atoms with E-state index in [0.29, 0.717) is 32.5 Å². The third kappa shape index (κ3) is 2.03. The van der Waals surface area contributed by atoms with Crippen LogP contribution in [0.2, 0.25) is 0 Å². The number of rotatable bonds is 2. The highest BCUT2D eigenvalue weighted by atomic mass is 19.3. The Hall–Kier alpha value is -1.03. The van der Waals surface area contributed by atoms with E-state index in [1.54, 1.807) is 6.07 Å². The van der Waals surface area contributed by atoms with Gasteiger partial charge < -0.3 is 0 Å². The Morgan fingerprint density at radius 3 is 2.39 bits per heavy atom. The van der Waals surface area contributed by atoms with Crippen LogP contribution in [0.15, 0.2) is 24.3 Å². The van der Waals surface area contributed by atoms with Gasteiger partial charge in [-0.25, -0.2) is 13.2 Å². The van der Waals surface area contributed by atoms with Gasteiger partial charge >= 0.3 is 0 Å². The van der Waals surface area contributed by atoms with Crippen LogP contribution in [0.4, 0.5) is 13.2 Å². The second-order valence-corrected chi connectivity index (χ2v) is 5.57. The lowest BCUT2D eigenvalue weighted by atomic mass is 9.92. The van der Waals surface area contributed by atoms with Crippen LogP contribution in [-0.2, 0) is 6.54 Å². The molecule has 0 N–H and O–H groups in total. The van der Waals surface area contributed by atoms with Crippen LogP contribution < -0.4 is 0 Å². The highest BCUT2D eigenvalue weighted by Crippen LogP contribution is 2.65. The van der Waals surface area contributed by atoms with Gasteiger partial charge in [0.15, 0.2) is 0 Å². The molecule has 0 bridgehead atoms. The second-order valence-electron chi connectivity index (χ2n) is 5.57. The fourth-order valence-electron chi connectivity index (χ4n) is 2.96. The first-order valence-electron chi connectivity index (χ1n) is 6.35. The van der Waals surface area contributed by atoms with Gasteiger partial charge in [-0.2, -0.15) is 0 Å². The van der Waals surface area contributed by atoms with E-state index in [4.69, 9.17) is 0 Å². The average Bonchev–Trinajstić information content (AvgIpc) is 2.84. The lowest BCUT2D eigenvalue weighted by Gasteiger charge is -2.32. The Morgan fingerprint density at radius 2 is 1.83 bits per heavy atom. The maximum atomic E-state index is 13.2. The largest absolute Gasteiger partial charge is 0.299 e. The average molecular weight is 255 g/mol. The Labute approximate surface area is 105 Å². The molecule has 2 aliphatic rings. The van der Waals surface area contributed by atoms with Crippen molar-refractivity contribution in [3.8, 4) is 0 Å². The number of likely N-dealkylation sites (tertiary alicyclic amines) is 1. The monoisotopic (exact) mass is 255 g/mol. The Kier molecular flexibility index (Phi) is 2.66. The molecule has 1 saturated heterocycles. The molecule has 4 heteroatoms. The number of nitrogens with zero attached hydrogens (tertiary/aromatic N) is 1. The zero-order chi connectivity index (χ0) is 12.8. The molecular weight excluding hydrogens is 239 g/mol. The molecule has 0 atom stereocenters. The molecule has 0 radical (unpaired) electrons. The molecule has 0 aromatic heterocycles. The number of hydrogen-bond acceptors (Lipinski definition) is 1.